The van der Waals surface area contributed by atoms with E-state index in [1.807, 2.05) is 0 Å². The molecule has 0 spiro atoms. The predicted octanol–water partition coefficient (Wildman–Crippen LogP) is 1.56. The molecule has 0 unspecified atom stereocenters. The van der Waals surface area contributed by atoms with E-state index in [9.17, 15) is 0 Å². The molecule has 46 valence electrons. The zero-order valence-corrected chi connectivity index (χ0v) is 8.66. The van der Waals surface area contributed by atoms with Gasteiger partial charge in [0.25, 0.3) is 0 Å². The summed E-state index contributed by atoms with van der Waals surface area (Å²) in [6, 6.07) is 0. The summed E-state index contributed by atoms with van der Waals surface area (Å²) >= 11 is 0. The number of rotatable bonds is 4. The molecule has 8 heavy (non-hydrogen) atoms. The third kappa shape index (κ3) is 9.77. The molecule has 1 N–H and O–H groups in total. The van der Waals surface area contributed by atoms with Crippen LogP contribution in [-0.4, -0.2) is 11.7 Å². The second kappa shape index (κ2) is 10.5. The molecule has 0 aliphatic carbocycles. The fourth-order valence-electron chi connectivity index (χ4n) is 0.539. The van der Waals surface area contributed by atoms with Gasteiger partial charge in [-0.05, 0) is 6.42 Å². The summed E-state index contributed by atoms with van der Waals surface area (Å²) in [7, 11) is 0. The van der Waals surface area contributed by atoms with Gasteiger partial charge in [-0.1, -0.05) is 26.2 Å². The van der Waals surface area contributed by atoms with Crippen LogP contribution in [0.1, 0.15) is 32.6 Å². The quantitative estimate of drug-likeness (QED) is 0.498. The molecule has 0 saturated heterocycles. The average molecular weight is 168 g/mol. The van der Waals surface area contributed by atoms with Gasteiger partial charge in [-0.15, -0.1) is 0 Å². The molecule has 0 atom stereocenters. The molecule has 0 aromatic carbocycles. The van der Waals surface area contributed by atoms with Crippen molar-refractivity contribution in [3.63, 3.8) is 0 Å². The van der Waals surface area contributed by atoms with Crippen molar-refractivity contribution in [2.45, 2.75) is 32.6 Å². The van der Waals surface area contributed by atoms with E-state index in [1.165, 1.54) is 19.3 Å². The SMILES string of the molecule is CCCCCCO.[Zn]. The van der Waals surface area contributed by atoms with Crippen molar-refractivity contribution in [3.05, 3.63) is 0 Å². The van der Waals surface area contributed by atoms with Crippen LogP contribution in [0.25, 0.3) is 0 Å². The fraction of sp³-hybridized carbons (Fsp3) is 1.00. The maximum Gasteiger partial charge on any atom is 0.0431 e. The molecule has 2 heteroatoms. The first-order valence-corrected chi connectivity index (χ1v) is 3.02. The van der Waals surface area contributed by atoms with E-state index < -0.39 is 0 Å². The van der Waals surface area contributed by atoms with Gasteiger partial charge in [0.1, 0.15) is 0 Å². The number of hydrogen-bond acceptors (Lipinski definition) is 1. The van der Waals surface area contributed by atoms with Crippen LogP contribution >= 0.6 is 0 Å². The summed E-state index contributed by atoms with van der Waals surface area (Å²) in [6.45, 7) is 2.53. The maximum atomic E-state index is 8.29. The number of unbranched alkanes of at least 4 members (excludes halogenated alkanes) is 3. The van der Waals surface area contributed by atoms with Gasteiger partial charge in [0.15, 0.2) is 0 Å². The zero-order valence-electron chi connectivity index (χ0n) is 5.69. The van der Waals surface area contributed by atoms with Crippen LogP contribution in [0, 0.1) is 0 Å². The first-order chi connectivity index (χ1) is 3.41. The van der Waals surface area contributed by atoms with E-state index in [0.717, 1.165) is 6.42 Å². The smallest absolute Gasteiger partial charge is 0.0431 e. The van der Waals surface area contributed by atoms with Gasteiger partial charge in [-0.2, -0.15) is 0 Å². The molecule has 0 amide bonds. The summed E-state index contributed by atoms with van der Waals surface area (Å²) in [6.07, 6.45) is 4.68. The first-order valence-electron chi connectivity index (χ1n) is 3.02. The van der Waals surface area contributed by atoms with Gasteiger partial charge in [0.2, 0.25) is 0 Å². The van der Waals surface area contributed by atoms with Gasteiger partial charge in [0, 0.05) is 26.1 Å². The van der Waals surface area contributed by atoms with Crippen LogP contribution < -0.4 is 0 Å². The average Bonchev–Trinajstić information content (AvgIpc) is 1.69. The predicted molar refractivity (Wildman–Crippen MR) is 31.2 cm³/mol. The number of hydrogen-bond donors (Lipinski definition) is 1. The number of aliphatic hydroxyl groups is 1. The minimum absolute atomic E-state index is 0. The molecule has 0 fully saturated rings. The molecule has 0 aliphatic rings. The van der Waals surface area contributed by atoms with Gasteiger partial charge in [-0.3, -0.25) is 0 Å². The Hall–Kier alpha value is 0.583. The molecular formula is C6H14OZn. The molecule has 0 aliphatic heterocycles. The third-order valence-corrected chi connectivity index (χ3v) is 1.01. The largest absolute Gasteiger partial charge is 0.396 e. The Labute approximate surface area is 64.2 Å². The minimum Gasteiger partial charge on any atom is -0.396 e. The van der Waals surface area contributed by atoms with Gasteiger partial charge < -0.3 is 5.11 Å². The second-order valence-electron chi connectivity index (χ2n) is 1.78. The van der Waals surface area contributed by atoms with Crippen LogP contribution in [0.2, 0.25) is 0 Å². The molecule has 0 rings (SSSR count). The van der Waals surface area contributed by atoms with E-state index >= 15 is 0 Å². The molecule has 0 radical (unpaired) electrons. The summed E-state index contributed by atoms with van der Waals surface area (Å²) in [5.74, 6) is 0. The Morgan fingerprint density at radius 3 is 2.12 bits per heavy atom. The van der Waals surface area contributed by atoms with Crippen LogP contribution in [-0.2, 0) is 19.5 Å². The third-order valence-electron chi connectivity index (χ3n) is 1.01. The van der Waals surface area contributed by atoms with Crippen LogP contribution in [0.4, 0.5) is 0 Å². The zero-order chi connectivity index (χ0) is 5.54. The molecule has 0 aromatic rings. The Kier molecular flexibility index (Phi) is 15.0. The molecule has 0 aromatic heterocycles. The summed E-state index contributed by atoms with van der Waals surface area (Å²) in [5, 5.41) is 8.29. The van der Waals surface area contributed by atoms with Gasteiger partial charge in [-0.25, -0.2) is 0 Å². The van der Waals surface area contributed by atoms with Gasteiger partial charge in [0.05, 0.1) is 0 Å². The topological polar surface area (TPSA) is 20.2 Å². The summed E-state index contributed by atoms with van der Waals surface area (Å²) < 4.78 is 0. The Balaban J connectivity index is 0. The Morgan fingerprint density at radius 1 is 1.12 bits per heavy atom. The molecule has 1 nitrogen and oxygen atoms in total. The number of aliphatic hydroxyl groups excluding tert-OH is 1. The van der Waals surface area contributed by atoms with E-state index in [2.05, 4.69) is 6.92 Å². The fourth-order valence-corrected chi connectivity index (χ4v) is 0.539. The van der Waals surface area contributed by atoms with E-state index in [4.69, 9.17) is 5.11 Å². The molecule has 0 heterocycles. The monoisotopic (exact) mass is 166 g/mol. The van der Waals surface area contributed by atoms with Crippen molar-refractivity contribution >= 4 is 0 Å². The normalized spacial score (nSPS) is 8.25. The van der Waals surface area contributed by atoms with Crippen molar-refractivity contribution in [2.24, 2.45) is 0 Å². The van der Waals surface area contributed by atoms with E-state index in [-0.39, 0.29) is 19.5 Å². The Bertz CT molecular complexity index is 27.7. The standard InChI is InChI=1S/C6H14O.Zn/c1-2-3-4-5-6-7;/h7H,2-6H2,1H3;. The summed E-state index contributed by atoms with van der Waals surface area (Å²) in [5.41, 5.74) is 0. The maximum absolute atomic E-state index is 8.29. The van der Waals surface area contributed by atoms with Crippen LogP contribution in [0.3, 0.4) is 0 Å². The molecule has 0 saturated carbocycles. The van der Waals surface area contributed by atoms with Crippen molar-refractivity contribution < 1.29 is 24.6 Å². The first kappa shape index (κ1) is 11.4. The van der Waals surface area contributed by atoms with Gasteiger partial charge >= 0.3 is 0 Å². The molecule has 0 bridgehead atoms. The van der Waals surface area contributed by atoms with Crippen LogP contribution in [0.5, 0.6) is 0 Å². The van der Waals surface area contributed by atoms with E-state index in [0.29, 0.717) is 6.61 Å². The van der Waals surface area contributed by atoms with Crippen molar-refractivity contribution in [3.8, 4) is 0 Å². The second-order valence-corrected chi connectivity index (χ2v) is 1.78. The van der Waals surface area contributed by atoms with Crippen molar-refractivity contribution in [1.29, 1.82) is 0 Å². The summed E-state index contributed by atoms with van der Waals surface area (Å²) in [4.78, 5) is 0. The minimum atomic E-state index is 0. The Morgan fingerprint density at radius 2 is 1.75 bits per heavy atom. The molecular weight excluding hydrogens is 153 g/mol. The van der Waals surface area contributed by atoms with E-state index in [1.54, 1.807) is 0 Å². The van der Waals surface area contributed by atoms with Crippen molar-refractivity contribution in [1.82, 2.24) is 0 Å². The van der Waals surface area contributed by atoms with Crippen molar-refractivity contribution in [2.75, 3.05) is 6.61 Å². The van der Waals surface area contributed by atoms with Crippen LogP contribution in [0.15, 0.2) is 0 Å².